The second-order valence-electron chi connectivity index (χ2n) is 9.66. The van der Waals surface area contributed by atoms with Gasteiger partial charge in [0.15, 0.2) is 0 Å². The Bertz CT molecular complexity index is 1110. The number of rotatable bonds is 16. The fraction of sp³-hybridized carbons (Fsp3) is 0.462. The summed E-state index contributed by atoms with van der Waals surface area (Å²) in [6.07, 6.45) is 2.45. The highest BCUT2D eigenvalue weighted by molar-refractivity contribution is 5.94. The van der Waals surface area contributed by atoms with Crippen LogP contribution in [0.5, 0.6) is 0 Å². The Morgan fingerprint density at radius 1 is 0.897 bits per heavy atom. The van der Waals surface area contributed by atoms with Crippen LogP contribution < -0.4 is 21.7 Å². The Morgan fingerprint density at radius 2 is 1.51 bits per heavy atom. The minimum absolute atomic E-state index is 0.0116. The molecule has 13 nitrogen and oxygen atoms in total. The Hall–Kier alpha value is -4.26. The molecule has 0 bridgehead atoms. The van der Waals surface area contributed by atoms with Crippen LogP contribution in [-0.4, -0.2) is 74.0 Å². The van der Waals surface area contributed by atoms with Gasteiger partial charge in [-0.05, 0) is 24.3 Å². The van der Waals surface area contributed by atoms with Crippen LogP contribution in [0, 0.1) is 5.92 Å². The fourth-order valence-corrected chi connectivity index (χ4v) is 3.85. The summed E-state index contributed by atoms with van der Waals surface area (Å²) in [5.41, 5.74) is 7.09. The number of aromatic amines is 1. The molecule has 0 aliphatic rings. The molecule has 4 unspecified atom stereocenters. The van der Waals surface area contributed by atoms with Crippen molar-refractivity contribution in [3.05, 3.63) is 54.1 Å². The van der Waals surface area contributed by atoms with Gasteiger partial charge in [0.25, 0.3) is 0 Å². The lowest BCUT2D eigenvalue weighted by molar-refractivity contribution is -0.142. The third-order valence-electron chi connectivity index (χ3n) is 5.85. The minimum Gasteiger partial charge on any atom is -0.481 e. The fourth-order valence-electron chi connectivity index (χ4n) is 3.85. The molecular weight excluding hydrogens is 508 g/mol. The number of hydrogen-bond acceptors (Lipinski definition) is 7. The quantitative estimate of drug-likeness (QED) is 0.151. The van der Waals surface area contributed by atoms with Crippen LogP contribution in [0.1, 0.15) is 44.4 Å². The molecule has 1 aromatic carbocycles. The maximum absolute atomic E-state index is 13.2. The van der Waals surface area contributed by atoms with Crippen LogP contribution >= 0.6 is 0 Å². The van der Waals surface area contributed by atoms with Gasteiger partial charge in [-0.2, -0.15) is 0 Å². The number of amides is 3. The second kappa shape index (κ2) is 15.2. The zero-order valence-corrected chi connectivity index (χ0v) is 21.9. The van der Waals surface area contributed by atoms with Crippen molar-refractivity contribution in [2.45, 2.75) is 70.1 Å². The molecule has 4 atom stereocenters. The van der Waals surface area contributed by atoms with E-state index in [-0.39, 0.29) is 25.2 Å². The molecule has 2 rings (SSSR count). The molecule has 39 heavy (non-hydrogen) atoms. The summed E-state index contributed by atoms with van der Waals surface area (Å²) >= 11 is 0. The first-order chi connectivity index (χ1) is 18.5. The summed E-state index contributed by atoms with van der Waals surface area (Å²) < 4.78 is 0. The molecule has 0 saturated heterocycles. The average Bonchev–Trinajstić information content (AvgIpc) is 3.38. The molecule has 13 heteroatoms. The number of hydrogen-bond donors (Lipinski definition) is 7. The molecule has 2 aromatic rings. The average molecular weight is 545 g/mol. The number of nitrogens with one attached hydrogen (secondary N) is 4. The lowest BCUT2D eigenvalue weighted by atomic mass is 10.0. The molecule has 0 aliphatic carbocycles. The number of imidazole rings is 1. The van der Waals surface area contributed by atoms with Gasteiger partial charge in [0.05, 0.1) is 12.4 Å². The minimum atomic E-state index is -1.29. The smallest absolute Gasteiger partial charge is 0.326 e. The van der Waals surface area contributed by atoms with Gasteiger partial charge >= 0.3 is 11.9 Å². The van der Waals surface area contributed by atoms with E-state index in [2.05, 4.69) is 25.9 Å². The number of carboxylic acid groups (broad SMARTS) is 2. The molecule has 0 aliphatic heterocycles. The van der Waals surface area contributed by atoms with E-state index in [9.17, 15) is 29.1 Å². The Balaban J connectivity index is 2.21. The number of aromatic nitrogens is 2. The number of aliphatic carboxylic acids is 2. The summed E-state index contributed by atoms with van der Waals surface area (Å²) in [6, 6.07) is 3.99. The van der Waals surface area contributed by atoms with Crippen LogP contribution in [0.3, 0.4) is 0 Å². The van der Waals surface area contributed by atoms with Crippen LogP contribution in [-0.2, 0) is 36.8 Å². The van der Waals surface area contributed by atoms with E-state index in [0.29, 0.717) is 17.7 Å². The van der Waals surface area contributed by atoms with E-state index in [0.717, 1.165) is 0 Å². The SMILES string of the molecule is CC(C)CC(N)C(=O)NC(CCC(=O)O)C(=O)NC(Cc1cnc[nH]1)C(=O)NC(Cc1ccccc1)C(=O)O. The maximum atomic E-state index is 13.2. The van der Waals surface area contributed by atoms with Gasteiger partial charge in [-0.15, -0.1) is 0 Å². The largest absolute Gasteiger partial charge is 0.481 e. The van der Waals surface area contributed by atoms with Gasteiger partial charge in [0, 0.05) is 31.2 Å². The predicted molar refractivity (Wildman–Crippen MR) is 140 cm³/mol. The maximum Gasteiger partial charge on any atom is 0.326 e. The predicted octanol–water partition coefficient (Wildman–Crippen LogP) is -0.0279. The first-order valence-electron chi connectivity index (χ1n) is 12.6. The van der Waals surface area contributed by atoms with Crippen molar-refractivity contribution in [2.75, 3.05) is 0 Å². The van der Waals surface area contributed by atoms with Crippen LogP contribution in [0.2, 0.25) is 0 Å². The molecule has 0 saturated carbocycles. The third kappa shape index (κ3) is 10.9. The summed E-state index contributed by atoms with van der Waals surface area (Å²) in [6.45, 7) is 3.76. The zero-order chi connectivity index (χ0) is 28.9. The molecule has 3 amide bonds. The van der Waals surface area contributed by atoms with E-state index >= 15 is 0 Å². The van der Waals surface area contributed by atoms with Crippen molar-refractivity contribution in [1.29, 1.82) is 0 Å². The summed E-state index contributed by atoms with van der Waals surface area (Å²) in [5.74, 6) is -4.54. The molecule has 8 N–H and O–H groups in total. The highest BCUT2D eigenvalue weighted by atomic mass is 16.4. The summed E-state index contributed by atoms with van der Waals surface area (Å²) in [5, 5.41) is 26.3. The Labute approximate surface area is 226 Å². The van der Waals surface area contributed by atoms with E-state index in [1.54, 1.807) is 30.3 Å². The number of nitrogens with zero attached hydrogens (tertiary/aromatic N) is 1. The van der Waals surface area contributed by atoms with Crippen molar-refractivity contribution in [3.63, 3.8) is 0 Å². The Kier molecular flexibility index (Phi) is 12.1. The number of carbonyl (C=O) groups is 5. The van der Waals surface area contributed by atoms with E-state index in [4.69, 9.17) is 10.8 Å². The topological polar surface area (TPSA) is 217 Å². The van der Waals surface area contributed by atoms with Crippen LogP contribution in [0.25, 0.3) is 0 Å². The standard InChI is InChI=1S/C26H36N6O7/c1-15(2)10-18(27)23(35)30-19(8-9-22(33)34)24(36)31-20(12-17-13-28-14-29-17)25(37)32-21(26(38)39)11-16-6-4-3-5-7-16/h3-7,13-15,18-21H,8-12,27H2,1-2H3,(H,28,29)(H,30,35)(H,31,36)(H,32,37)(H,33,34)(H,38,39). The molecular formula is C26H36N6O7. The molecule has 0 radical (unpaired) electrons. The lowest BCUT2D eigenvalue weighted by Crippen LogP contribution is -2.58. The number of nitrogens with two attached hydrogens (primary N) is 1. The number of carboxylic acids is 2. The molecule has 212 valence electrons. The third-order valence-corrected chi connectivity index (χ3v) is 5.85. The second-order valence-corrected chi connectivity index (χ2v) is 9.66. The molecule has 1 heterocycles. The number of benzene rings is 1. The van der Waals surface area contributed by atoms with Crippen LogP contribution in [0.15, 0.2) is 42.9 Å². The summed E-state index contributed by atoms with van der Waals surface area (Å²) in [7, 11) is 0. The first kappa shape index (κ1) is 31.0. The number of H-pyrrole nitrogens is 1. The van der Waals surface area contributed by atoms with Gasteiger partial charge in [-0.3, -0.25) is 19.2 Å². The Morgan fingerprint density at radius 3 is 2.08 bits per heavy atom. The van der Waals surface area contributed by atoms with Gasteiger partial charge in [0.1, 0.15) is 18.1 Å². The van der Waals surface area contributed by atoms with Gasteiger partial charge in [0.2, 0.25) is 17.7 Å². The highest BCUT2D eigenvalue weighted by Crippen LogP contribution is 2.08. The van der Waals surface area contributed by atoms with Crippen molar-refractivity contribution in [1.82, 2.24) is 25.9 Å². The van der Waals surface area contributed by atoms with Crippen molar-refractivity contribution in [2.24, 2.45) is 11.7 Å². The van der Waals surface area contributed by atoms with Gasteiger partial charge in [-0.25, -0.2) is 9.78 Å². The summed E-state index contributed by atoms with van der Waals surface area (Å²) in [4.78, 5) is 68.8. The van der Waals surface area contributed by atoms with E-state index in [1.165, 1.54) is 12.5 Å². The van der Waals surface area contributed by atoms with Crippen molar-refractivity contribution >= 4 is 29.7 Å². The lowest BCUT2D eigenvalue weighted by Gasteiger charge is -2.25. The van der Waals surface area contributed by atoms with Crippen LogP contribution in [0.4, 0.5) is 0 Å². The van der Waals surface area contributed by atoms with E-state index < -0.39 is 60.2 Å². The van der Waals surface area contributed by atoms with Crippen molar-refractivity contribution < 1.29 is 34.2 Å². The molecule has 0 fully saturated rings. The van der Waals surface area contributed by atoms with Gasteiger partial charge < -0.3 is 36.9 Å². The molecule has 1 aromatic heterocycles. The van der Waals surface area contributed by atoms with E-state index in [1.807, 2.05) is 13.8 Å². The zero-order valence-electron chi connectivity index (χ0n) is 21.9. The highest BCUT2D eigenvalue weighted by Gasteiger charge is 2.31. The van der Waals surface area contributed by atoms with Gasteiger partial charge in [-0.1, -0.05) is 44.2 Å². The normalized spacial score (nSPS) is 14.1. The van der Waals surface area contributed by atoms with Crippen molar-refractivity contribution in [3.8, 4) is 0 Å². The molecule has 0 spiro atoms. The monoisotopic (exact) mass is 544 g/mol. The first-order valence-corrected chi connectivity index (χ1v) is 12.6. The number of carbonyl (C=O) groups excluding carboxylic acids is 3.